The zero-order valence-electron chi connectivity index (χ0n) is 22.6. The van der Waals surface area contributed by atoms with Gasteiger partial charge in [-0.25, -0.2) is 0 Å². The first-order valence-corrected chi connectivity index (χ1v) is 13.9. The van der Waals surface area contributed by atoms with Crippen LogP contribution in [0.25, 0.3) is 0 Å². The molecule has 7 rings (SSSR count). The van der Waals surface area contributed by atoms with Crippen LogP contribution >= 0.6 is 0 Å². The summed E-state index contributed by atoms with van der Waals surface area (Å²) in [6, 6.07) is 22.0. The minimum absolute atomic E-state index is 0.0886. The highest BCUT2D eigenvalue weighted by molar-refractivity contribution is 5.97. The van der Waals surface area contributed by atoms with E-state index in [2.05, 4.69) is 10.3 Å². The molecular weight excluding hydrogens is 518 g/mol. The van der Waals surface area contributed by atoms with Gasteiger partial charge in [0, 0.05) is 31.9 Å². The van der Waals surface area contributed by atoms with E-state index in [1.165, 1.54) is 6.07 Å². The van der Waals surface area contributed by atoms with Gasteiger partial charge in [0.15, 0.2) is 0 Å². The number of benzene rings is 3. The van der Waals surface area contributed by atoms with Gasteiger partial charge in [-0.2, -0.15) is 0 Å². The van der Waals surface area contributed by atoms with Gasteiger partial charge in [-0.05, 0) is 90.0 Å². The van der Waals surface area contributed by atoms with Crippen molar-refractivity contribution in [2.24, 2.45) is 0 Å². The number of rotatable bonds is 3. The number of phenolic OH excluding ortho intramolecular Hbond substituents is 1. The number of aromatic hydroxyl groups is 1. The van der Waals surface area contributed by atoms with Crippen LogP contribution in [0.3, 0.4) is 0 Å². The number of phenols is 1. The quantitative estimate of drug-likeness (QED) is 0.364. The van der Waals surface area contributed by atoms with Crippen LogP contribution in [0.5, 0.6) is 23.0 Å². The molecule has 0 radical (unpaired) electrons. The number of carbonyl (C=O) groups is 2. The number of aromatic nitrogens is 1. The van der Waals surface area contributed by atoms with Gasteiger partial charge in [-0.3, -0.25) is 14.6 Å². The van der Waals surface area contributed by atoms with E-state index in [0.29, 0.717) is 62.6 Å². The molecule has 0 aliphatic carbocycles. The smallest absolute Gasteiger partial charge is 0.255 e. The number of amides is 2. The summed E-state index contributed by atoms with van der Waals surface area (Å²) in [4.78, 5) is 32.5. The third-order valence-corrected chi connectivity index (χ3v) is 7.51. The van der Waals surface area contributed by atoms with Crippen molar-refractivity contribution in [3.8, 4) is 23.0 Å². The number of nitrogens with one attached hydrogen (secondary N) is 1. The lowest BCUT2D eigenvalue weighted by Crippen LogP contribution is -2.40. The van der Waals surface area contributed by atoms with Gasteiger partial charge in [0.25, 0.3) is 5.91 Å². The summed E-state index contributed by atoms with van der Waals surface area (Å²) >= 11 is 0. The number of carbonyl (C=O) groups excluding carboxylic acids is 2. The van der Waals surface area contributed by atoms with Crippen molar-refractivity contribution in [3.63, 3.8) is 0 Å². The van der Waals surface area contributed by atoms with Crippen molar-refractivity contribution >= 4 is 11.8 Å². The van der Waals surface area contributed by atoms with E-state index in [9.17, 15) is 14.7 Å². The lowest BCUT2D eigenvalue weighted by molar-refractivity contribution is -0.133. The standard InChI is InChI=1S/C33H31N3O5/c37-30-11-9-27-20-29(30)33(39)35-15-3-17-40-25-6-1-5-24(19-25)32-28-10-8-26(41-27)18-23(28)13-16-36(32)31(38)12-7-22-4-2-14-34-21-22/h1-2,4-6,8-11,14,18-21,32,37H,3,7,12-13,15-17H2,(H,35,39). The molecule has 1 aromatic heterocycles. The lowest BCUT2D eigenvalue weighted by atomic mass is 9.87. The minimum Gasteiger partial charge on any atom is -0.507 e. The summed E-state index contributed by atoms with van der Waals surface area (Å²) in [6.45, 7) is 1.36. The normalized spacial score (nSPS) is 16.5. The van der Waals surface area contributed by atoms with Crippen molar-refractivity contribution in [2.45, 2.75) is 31.7 Å². The molecule has 3 aliphatic rings. The van der Waals surface area contributed by atoms with Gasteiger partial charge in [0.2, 0.25) is 5.91 Å². The molecule has 8 nitrogen and oxygen atoms in total. The Morgan fingerprint density at radius 2 is 1.90 bits per heavy atom. The molecule has 4 aromatic rings. The van der Waals surface area contributed by atoms with Crippen LogP contribution in [-0.4, -0.2) is 46.5 Å². The van der Waals surface area contributed by atoms with Gasteiger partial charge in [0.1, 0.15) is 23.0 Å². The van der Waals surface area contributed by atoms with E-state index >= 15 is 0 Å². The summed E-state index contributed by atoms with van der Waals surface area (Å²) in [6.07, 6.45) is 5.83. The second-order valence-corrected chi connectivity index (χ2v) is 10.3. The number of nitrogens with zero attached hydrogens (tertiary/aromatic N) is 2. The fourth-order valence-corrected chi connectivity index (χ4v) is 5.47. The summed E-state index contributed by atoms with van der Waals surface area (Å²) in [5, 5.41) is 13.1. The molecule has 0 fully saturated rings. The Morgan fingerprint density at radius 1 is 1.02 bits per heavy atom. The zero-order valence-corrected chi connectivity index (χ0v) is 22.6. The van der Waals surface area contributed by atoms with Gasteiger partial charge in [-0.1, -0.05) is 24.3 Å². The molecule has 2 amide bonds. The van der Waals surface area contributed by atoms with E-state index in [1.54, 1.807) is 24.5 Å². The van der Waals surface area contributed by atoms with E-state index in [0.717, 1.165) is 22.3 Å². The third kappa shape index (κ3) is 5.87. The molecular formula is C33H31N3O5. The maximum Gasteiger partial charge on any atom is 0.255 e. The van der Waals surface area contributed by atoms with E-state index in [1.807, 2.05) is 59.5 Å². The number of hydrogen-bond donors (Lipinski definition) is 2. The van der Waals surface area contributed by atoms with Gasteiger partial charge in [-0.15, -0.1) is 0 Å². The van der Waals surface area contributed by atoms with Crippen LogP contribution in [0.2, 0.25) is 0 Å². The Balaban J connectivity index is 1.36. The Hall–Kier alpha value is -4.85. The van der Waals surface area contributed by atoms with Crippen LogP contribution in [0, 0.1) is 0 Å². The van der Waals surface area contributed by atoms with E-state index in [-0.39, 0.29) is 29.2 Å². The highest BCUT2D eigenvalue weighted by Gasteiger charge is 2.32. The monoisotopic (exact) mass is 549 g/mol. The number of ether oxygens (including phenoxy) is 2. The van der Waals surface area contributed by atoms with Crippen molar-refractivity contribution in [1.82, 2.24) is 15.2 Å². The van der Waals surface area contributed by atoms with Crippen LogP contribution in [0.15, 0.2) is 85.2 Å². The van der Waals surface area contributed by atoms with Gasteiger partial charge in [0.05, 0.1) is 18.2 Å². The summed E-state index contributed by atoms with van der Waals surface area (Å²) < 4.78 is 12.2. The highest BCUT2D eigenvalue weighted by Crippen LogP contribution is 2.39. The number of aryl methyl sites for hydroxylation is 1. The summed E-state index contributed by atoms with van der Waals surface area (Å²) in [5.41, 5.74) is 4.30. The van der Waals surface area contributed by atoms with E-state index < -0.39 is 0 Å². The molecule has 208 valence electrons. The zero-order chi connectivity index (χ0) is 28.2. The van der Waals surface area contributed by atoms with Crippen molar-refractivity contribution in [2.75, 3.05) is 19.7 Å². The summed E-state index contributed by atoms with van der Waals surface area (Å²) in [7, 11) is 0. The number of fused-ring (bicyclic) bond motifs is 6. The highest BCUT2D eigenvalue weighted by atomic mass is 16.5. The first-order valence-electron chi connectivity index (χ1n) is 13.9. The first-order chi connectivity index (χ1) is 20.0. The predicted molar refractivity (Wildman–Crippen MR) is 153 cm³/mol. The Kier molecular flexibility index (Phi) is 7.54. The molecule has 3 aromatic carbocycles. The van der Waals surface area contributed by atoms with Crippen LogP contribution in [-0.2, 0) is 17.6 Å². The fourth-order valence-electron chi connectivity index (χ4n) is 5.47. The molecule has 0 saturated carbocycles. The van der Waals surface area contributed by atoms with Crippen LogP contribution < -0.4 is 14.8 Å². The molecule has 0 saturated heterocycles. The molecule has 41 heavy (non-hydrogen) atoms. The Bertz CT molecular complexity index is 1570. The van der Waals surface area contributed by atoms with Crippen LogP contribution in [0.1, 0.15) is 51.5 Å². The molecule has 4 heterocycles. The van der Waals surface area contributed by atoms with Crippen molar-refractivity contribution in [3.05, 3.63) is 113 Å². The molecule has 1 atom stereocenters. The predicted octanol–water partition coefficient (Wildman–Crippen LogP) is 5.20. The van der Waals surface area contributed by atoms with Crippen molar-refractivity contribution in [1.29, 1.82) is 0 Å². The maximum absolute atomic E-state index is 13.7. The largest absolute Gasteiger partial charge is 0.507 e. The second kappa shape index (κ2) is 11.7. The lowest BCUT2D eigenvalue weighted by Gasteiger charge is -2.38. The fraction of sp³-hybridized carbons (Fsp3) is 0.242. The second-order valence-electron chi connectivity index (χ2n) is 10.3. The van der Waals surface area contributed by atoms with Gasteiger partial charge < -0.3 is 24.8 Å². The molecule has 3 aliphatic heterocycles. The average Bonchev–Trinajstić information content (AvgIpc) is 3.00. The topological polar surface area (TPSA) is 101 Å². The average molecular weight is 550 g/mol. The third-order valence-electron chi connectivity index (χ3n) is 7.51. The molecule has 0 spiro atoms. The Morgan fingerprint density at radius 3 is 2.78 bits per heavy atom. The molecule has 8 bridgehead atoms. The van der Waals surface area contributed by atoms with Gasteiger partial charge >= 0.3 is 0 Å². The van der Waals surface area contributed by atoms with Crippen LogP contribution in [0.4, 0.5) is 0 Å². The first kappa shape index (κ1) is 26.4. The number of hydrogen-bond acceptors (Lipinski definition) is 6. The minimum atomic E-state index is -0.377. The van der Waals surface area contributed by atoms with E-state index in [4.69, 9.17) is 9.47 Å². The number of pyridine rings is 1. The SMILES string of the molecule is O=C1NCCCOc2cccc(c2)C2c3ccc(cc3CCN2C(=O)CCc2cccnc2)Oc2ccc(O)c1c2. The Labute approximate surface area is 238 Å². The van der Waals surface area contributed by atoms with Crippen molar-refractivity contribution < 1.29 is 24.2 Å². The molecule has 1 unspecified atom stereocenters. The summed E-state index contributed by atoms with van der Waals surface area (Å²) in [5.74, 6) is 1.37. The maximum atomic E-state index is 13.7. The molecule has 2 N–H and O–H groups in total. The molecule has 8 heteroatoms.